The van der Waals surface area contributed by atoms with E-state index in [1.807, 2.05) is 30.5 Å². The van der Waals surface area contributed by atoms with Crippen molar-refractivity contribution >= 4 is 28.5 Å². The summed E-state index contributed by atoms with van der Waals surface area (Å²) in [5, 5.41) is 9.96. The molecule has 0 bridgehead atoms. The fraction of sp³-hybridized carbons (Fsp3) is 0.263. The Morgan fingerprint density at radius 1 is 1.08 bits per heavy atom. The molecule has 2 heterocycles. The summed E-state index contributed by atoms with van der Waals surface area (Å²) in [7, 11) is 0. The molecule has 1 saturated heterocycles. The fourth-order valence-electron chi connectivity index (χ4n) is 3.07. The number of hydrogen-bond donors (Lipinski definition) is 2. The minimum atomic E-state index is -1.09. The molecule has 26 heavy (non-hydrogen) atoms. The molecule has 1 atom stereocenters. The van der Waals surface area contributed by atoms with E-state index in [2.05, 4.69) is 9.88 Å². The second-order valence-corrected chi connectivity index (χ2v) is 6.62. The average molecular weight is 371 g/mol. The highest BCUT2D eigenvalue weighted by Gasteiger charge is 2.14. The molecule has 0 saturated carbocycles. The molecule has 3 N–H and O–H groups in total. The molecule has 1 unspecified atom stereocenters. The van der Waals surface area contributed by atoms with Gasteiger partial charge < -0.3 is 20.5 Å². The Labute approximate surface area is 156 Å². The number of morpholine rings is 1. The Kier molecular flexibility index (Phi) is 4.74. The summed E-state index contributed by atoms with van der Waals surface area (Å²) < 4.78 is 5.39. The van der Waals surface area contributed by atoms with E-state index >= 15 is 0 Å². The van der Waals surface area contributed by atoms with Crippen LogP contribution in [-0.4, -0.2) is 41.4 Å². The highest BCUT2D eigenvalue weighted by Crippen LogP contribution is 2.29. The Balaban J connectivity index is 1.71. The van der Waals surface area contributed by atoms with Crippen molar-refractivity contribution in [2.24, 2.45) is 5.73 Å². The van der Waals surface area contributed by atoms with Crippen molar-refractivity contribution in [3.05, 3.63) is 53.2 Å². The lowest BCUT2D eigenvalue weighted by molar-refractivity contribution is 0.122. The summed E-state index contributed by atoms with van der Waals surface area (Å²) in [6.45, 7) is 3.05. The normalized spacial score (nSPS) is 16.0. The first-order valence-corrected chi connectivity index (χ1v) is 8.82. The molecule has 0 spiro atoms. The van der Waals surface area contributed by atoms with Crippen molar-refractivity contribution in [3.63, 3.8) is 0 Å². The maximum atomic E-state index is 9.52. The number of hydrogen-bond acceptors (Lipinski definition) is 6. The van der Waals surface area contributed by atoms with Crippen molar-refractivity contribution in [3.8, 4) is 11.1 Å². The minimum Gasteiger partial charge on any atom is -0.378 e. The maximum absolute atomic E-state index is 9.52. The number of nitrogens with zero attached hydrogens (tertiary/aromatic N) is 3. The number of anilines is 1. The van der Waals surface area contributed by atoms with Crippen LogP contribution in [0.25, 0.3) is 22.2 Å². The zero-order chi connectivity index (χ0) is 18.1. The van der Waals surface area contributed by atoms with E-state index in [9.17, 15) is 5.11 Å². The summed E-state index contributed by atoms with van der Waals surface area (Å²) in [6.07, 6.45) is 0.719. The molecular formula is C19H19ClN4O2. The summed E-state index contributed by atoms with van der Waals surface area (Å²) in [5.74, 6) is 0.859. The van der Waals surface area contributed by atoms with Crippen LogP contribution in [0, 0.1) is 0 Å². The van der Waals surface area contributed by atoms with Gasteiger partial charge in [-0.1, -0.05) is 29.8 Å². The molecule has 6 nitrogen and oxygen atoms in total. The van der Waals surface area contributed by atoms with Gasteiger partial charge in [-0.25, -0.2) is 4.98 Å². The van der Waals surface area contributed by atoms with Crippen LogP contribution in [0.4, 0.5) is 5.82 Å². The predicted octanol–water partition coefficient (Wildman–Crippen LogP) is 2.74. The van der Waals surface area contributed by atoms with Crippen LogP contribution in [0.15, 0.2) is 42.6 Å². The molecule has 1 aliphatic heterocycles. The van der Waals surface area contributed by atoms with Crippen LogP contribution in [0.1, 0.15) is 11.8 Å². The Hall–Kier alpha value is -2.25. The SMILES string of the molecule is NC(O)c1ccc(-c2ccc3ncc(N4CCOCC4)nc3c2)cc1Cl. The van der Waals surface area contributed by atoms with Gasteiger partial charge in [0.05, 0.1) is 30.4 Å². The van der Waals surface area contributed by atoms with Gasteiger partial charge in [-0.2, -0.15) is 0 Å². The first-order valence-electron chi connectivity index (χ1n) is 8.45. The van der Waals surface area contributed by atoms with Gasteiger partial charge in [0, 0.05) is 23.7 Å². The van der Waals surface area contributed by atoms with Crippen molar-refractivity contribution in [1.82, 2.24) is 9.97 Å². The largest absolute Gasteiger partial charge is 0.378 e. The Morgan fingerprint density at radius 3 is 2.54 bits per heavy atom. The Bertz CT molecular complexity index is 942. The van der Waals surface area contributed by atoms with Gasteiger partial charge in [0.15, 0.2) is 0 Å². The molecule has 2 aromatic carbocycles. The van der Waals surface area contributed by atoms with Crippen molar-refractivity contribution in [2.75, 3.05) is 31.2 Å². The molecule has 7 heteroatoms. The second kappa shape index (κ2) is 7.17. The van der Waals surface area contributed by atoms with Crippen LogP contribution in [0.3, 0.4) is 0 Å². The van der Waals surface area contributed by atoms with E-state index in [0.29, 0.717) is 23.8 Å². The molecule has 0 aliphatic carbocycles. The van der Waals surface area contributed by atoms with Crippen molar-refractivity contribution in [1.29, 1.82) is 0 Å². The van der Waals surface area contributed by atoms with E-state index in [1.54, 1.807) is 12.1 Å². The van der Waals surface area contributed by atoms with Crippen LogP contribution in [-0.2, 0) is 4.74 Å². The lowest BCUT2D eigenvalue weighted by Crippen LogP contribution is -2.36. The zero-order valence-corrected chi connectivity index (χ0v) is 14.9. The molecule has 3 aromatic rings. The number of rotatable bonds is 3. The van der Waals surface area contributed by atoms with Crippen LogP contribution < -0.4 is 10.6 Å². The van der Waals surface area contributed by atoms with Gasteiger partial charge in [0.1, 0.15) is 12.0 Å². The maximum Gasteiger partial charge on any atom is 0.148 e. The number of aromatic nitrogens is 2. The first kappa shape index (κ1) is 17.2. The van der Waals surface area contributed by atoms with Gasteiger partial charge in [0.25, 0.3) is 0 Å². The van der Waals surface area contributed by atoms with E-state index in [-0.39, 0.29) is 0 Å². The highest BCUT2D eigenvalue weighted by molar-refractivity contribution is 6.31. The lowest BCUT2D eigenvalue weighted by atomic mass is 10.0. The number of halogens is 1. The highest BCUT2D eigenvalue weighted by atomic mass is 35.5. The number of nitrogens with two attached hydrogens (primary N) is 1. The topological polar surface area (TPSA) is 84.5 Å². The molecule has 1 fully saturated rings. The lowest BCUT2D eigenvalue weighted by Gasteiger charge is -2.27. The number of aliphatic hydroxyl groups excluding tert-OH is 1. The molecule has 0 radical (unpaired) electrons. The Morgan fingerprint density at radius 2 is 1.81 bits per heavy atom. The third-order valence-corrected chi connectivity index (χ3v) is 4.84. The van der Waals surface area contributed by atoms with Crippen LogP contribution >= 0.6 is 11.6 Å². The smallest absolute Gasteiger partial charge is 0.148 e. The third kappa shape index (κ3) is 3.37. The molecule has 4 rings (SSSR count). The minimum absolute atomic E-state index is 0.436. The number of ether oxygens (including phenoxy) is 1. The van der Waals surface area contributed by atoms with E-state index in [4.69, 9.17) is 27.1 Å². The van der Waals surface area contributed by atoms with Crippen molar-refractivity contribution < 1.29 is 9.84 Å². The molecule has 1 aliphatic rings. The monoisotopic (exact) mass is 370 g/mol. The van der Waals surface area contributed by atoms with Crippen LogP contribution in [0.5, 0.6) is 0 Å². The number of aliphatic hydroxyl groups is 1. The summed E-state index contributed by atoms with van der Waals surface area (Å²) >= 11 is 6.23. The fourth-order valence-corrected chi connectivity index (χ4v) is 3.36. The first-order chi connectivity index (χ1) is 12.6. The summed E-state index contributed by atoms with van der Waals surface area (Å²) in [4.78, 5) is 11.5. The summed E-state index contributed by atoms with van der Waals surface area (Å²) in [5.41, 5.74) is 9.58. The van der Waals surface area contributed by atoms with E-state index < -0.39 is 6.23 Å². The average Bonchev–Trinajstić information content (AvgIpc) is 2.67. The van der Waals surface area contributed by atoms with Gasteiger partial charge in [-0.3, -0.25) is 4.98 Å². The second-order valence-electron chi connectivity index (χ2n) is 6.21. The molecule has 134 valence electrons. The number of benzene rings is 2. The van der Waals surface area contributed by atoms with Crippen molar-refractivity contribution in [2.45, 2.75) is 6.23 Å². The van der Waals surface area contributed by atoms with E-state index in [0.717, 1.165) is 41.1 Å². The van der Waals surface area contributed by atoms with E-state index in [1.165, 1.54) is 0 Å². The standard InChI is InChI=1S/C19H19ClN4O2/c20-15-9-12(1-3-14(15)19(21)25)13-2-4-16-17(10-13)23-18(11-22-16)24-5-7-26-8-6-24/h1-4,9-11,19,25H,5-8,21H2. The van der Waals surface area contributed by atoms with Gasteiger partial charge >= 0.3 is 0 Å². The van der Waals surface area contributed by atoms with Gasteiger partial charge in [0.2, 0.25) is 0 Å². The molecular weight excluding hydrogens is 352 g/mol. The zero-order valence-electron chi connectivity index (χ0n) is 14.1. The van der Waals surface area contributed by atoms with Gasteiger partial charge in [-0.15, -0.1) is 0 Å². The van der Waals surface area contributed by atoms with Crippen LogP contribution in [0.2, 0.25) is 5.02 Å². The quantitative estimate of drug-likeness (QED) is 0.689. The summed E-state index contributed by atoms with van der Waals surface area (Å²) in [6, 6.07) is 11.3. The molecule has 1 aromatic heterocycles. The predicted molar refractivity (Wildman–Crippen MR) is 102 cm³/mol. The number of fused-ring (bicyclic) bond motifs is 1. The third-order valence-electron chi connectivity index (χ3n) is 4.52. The van der Waals surface area contributed by atoms with Gasteiger partial charge in [-0.05, 0) is 29.3 Å². The molecule has 0 amide bonds.